The van der Waals surface area contributed by atoms with E-state index in [-0.39, 0.29) is 22.5 Å². The van der Waals surface area contributed by atoms with Crippen molar-refractivity contribution in [1.29, 1.82) is 0 Å². The van der Waals surface area contributed by atoms with E-state index in [9.17, 15) is 27.6 Å². The van der Waals surface area contributed by atoms with Gasteiger partial charge in [0.15, 0.2) is 5.78 Å². The smallest absolute Gasteiger partial charge is 0.416 e. The number of ketones is 1. The molecule has 0 spiro atoms. The highest BCUT2D eigenvalue weighted by Crippen LogP contribution is 2.37. The summed E-state index contributed by atoms with van der Waals surface area (Å²) in [6.45, 7) is 6.10. The topological polar surface area (TPSA) is 93.7 Å². The van der Waals surface area contributed by atoms with E-state index in [1.165, 1.54) is 19.1 Å². The van der Waals surface area contributed by atoms with Gasteiger partial charge in [-0.2, -0.15) is 13.2 Å². The zero-order chi connectivity index (χ0) is 28.1. The van der Waals surface area contributed by atoms with Gasteiger partial charge in [-0.3, -0.25) is 14.9 Å². The minimum Gasteiger partial charge on any atom is -0.457 e. The zero-order valence-corrected chi connectivity index (χ0v) is 21.2. The maximum atomic E-state index is 13.5. The molecule has 0 atom stereocenters. The summed E-state index contributed by atoms with van der Waals surface area (Å²) in [6, 6.07) is 16.8. The zero-order valence-electron chi connectivity index (χ0n) is 21.2. The number of Topliss-reactive ketones (excluding diaryl/α,β-unsaturated/α-hetero) is 1. The van der Waals surface area contributed by atoms with Gasteiger partial charge in [-0.15, -0.1) is 0 Å². The first-order valence-electron chi connectivity index (χ1n) is 11.6. The van der Waals surface area contributed by atoms with Crippen molar-refractivity contribution < 1.29 is 37.0 Å². The number of carbonyl (C=O) groups excluding carboxylic acids is 3. The van der Waals surface area contributed by atoms with Crippen molar-refractivity contribution in [3.8, 4) is 11.5 Å². The van der Waals surface area contributed by atoms with Crippen molar-refractivity contribution in [1.82, 2.24) is 0 Å². The number of rotatable bonds is 7. The molecule has 7 nitrogen and oxygen atoms in total. The van der Waals surface area contributed by atoms with Gasteiger partial charge >= 0.3 is 12.3 Å². The fourth-order valence-corrected chi connectivity index (χ4v) is 3.43. The van der Waals surface area contributed by atoms with Crippen LogP contribution in [0, 0.1) is 6.92 Å². The molecule has 0 aromatic heterocycles. The van der Waals surface area contributed by atoms with Crippen LogP contribution >= 0.6 is 0 Å². The third-order valence-electron chi connectivity index (χ3n) is 5.04. The van der Waals surface area contributed by atoms with Gasteiger partial charge in [0.05, 0.1) is 23.4 Å². The van der Waals surface area contributed by atoms with Crippen LogP contribution in [0.3, 0.4) is 0 Å². The molecule has 0 aliphatic rings. The fraction of sp³-hybridized carbons (Fsp3) is 0.250. The van der Waals surface area contributed by atoms with Crippen molar-refractivity contribution in [2.45, 2.75) is 45.9 Å². The summed E-state index contributed by atoms with van der Waals surface area (Å²) >= 11 is 0. The maximum Gasteiger partial charge on any atom is 0.416 e. The van der Waals surface area contributed by atoms with Crippen LogP contribution in [0.5, 0.6) is 11.5 Å². The standard InChI is InChI=1S/C28H27F3N2O5/c1-17-13-22(33-26(36)38-27(2,3)4)23(15-21(17)28(29,30)31)32-25(35)16-24(34)18-9-8-12-20(14-18)37-19-10-6-5-7-11-19/h5-15H,16H2,1-4H3,(H,32,35)(H,33,36). The normalized spacial score (nSPS) is 11.4. The summed E-state index contributed by atoms with van der Waals surface area (Å²) in [5.74, 6) is -0.515. The second-order valence-electron chi connectivity index (χ2n) is 9.43. The molecule has 3 aromatic rings. The predicted octanol–water partition coefficient (Wildman–Crippen LogP) is 7.36. The van der Waals surface area contributed by atoms with E-state index >= 15 is 0 Å². The minimum atomic E-state index is -4.71. The van der Waals surface area contributed by atoms with Crippen LogP contribution < -0.4 is 15.4 Å². The lowest BCUT2D eigenvalue weighted by Gasteiger charge is -2.21. The molecule has 3 rings (SSSR count). The summed E-state index contributed by atoms with van der Waals surface area (Å²) in [5, 5.41) is 4.68. The van der Waals surface area contributed by atoms with Crippen LogP contribution in [0.2, 0.25) is 0 Å². The highest BCUT2D eigenvalue weighted by molar-refractivity contribution is 6.12. The van der Waals surface area contributed by atoms with E-state index in [0.717, 1.165) is 6.07 Å². The van der Waals surface area contributed by atoms with Crippen molar-refractivity contribution in [2.75, 3.05) is 10.6 Å². The number of carbonyl (C=O) groups is 3. The first kappa shape index (κ1) is 28.2. The van der Waals surface area contributed by atoms with Gasteiger partial charge < -0.3 is 14.8 Å². The highest BCUT2D eigenvalue weighted by atomic mass is 19.4. The number of amides is 2. The Morgan fingerprint density at radius 1 is 0.816 bits per heavy atom. The lowest BCUT2D eigenvalue weighted by molar-refractivity contribution is -0.138. The van der Waals surface area contributed by atoms with Gasteiger partial charge in [0.1, 0.15) is 17.1 Å². The molecule has 0 bridgehead atoms. The quantitative estimate of drug-likeness (QED) is 0.247. The Hall–Kier alpha value is -4.34. The number of halogens is 3. The lowest BCUT2D eigenvalue weighted by atomic mass is 10.0. The van der Waals surface area contributed by atoms with Crippen molar-refractivity contribution >= 4 is 29.2 Å². The molecule has 2 amide bonds. The van der Waals surface area contributed by atoms with Gasteiger partial charge in [0.25, 0.3) is 0 Å². The fourth-order valence-electron chi connectivity index (χ4n) is 3.43. The molecule has 0 heterocycles. The number of hydrogen-bond acceptors (Lipinski definition) is 5. The second-order valence-corrected chi connectivity index (χ2v) is 9.43. The van der Waals surface area contributed by atoms with Gasteiger partial charge in [-0.05, 0) is 69.7 Å². The van der Waals surface area contributed by atoms with Crippen molar-refractivity contribution in [2.24, 2.45) is 0 Å². The molecule has 0 saturated heterocycles. The lowest BCUT2D eigenvalue weighted by Crippen LogP contribution is -2.28. The molecule has 0 unspecified atom stereocenters. The summed E-state index contributed by atoms with van der Waals surface area (Å²) in [4.78, 5) is 37.7. The maximum absolute atomic E-state index is 13.5. The van der Waals surface area contributed by atoms with Crippen molar-refractivity contribution in [3.05, 3.63) is 83.4 Å². The Morgan fingerprint density at radius 2 is 1.45 bits per heavy atom. The minimum absolute atomic E-state index is 0.108. The molecule has 0 fully saturated rings. The number of aryl methyl sites for hydroxylation is 1. The van der Waals surface area contributed by atoms with Gasteiger partial charge in [0.2, 0.25) is 5.91 Å². The van der Waals surface area contributed by atoms with Gasteiger partial charge in [-0.25, -0.2) is 4.79 Å². The average molecular weight is 529 g/mol. The summed E-state index contributed by atoms with van der Waals surface area (Å²) in [5.41, 5.74) is -2.29. The van der Waals surface area contributed by atoms with Gasteiger partial charge in [0, 0.05) is 5.56 Å². The third-order valence-corrected chi connectivity index (χ3v) is 5.04. The Morgan fingerprint density at radius 3 is 2.08 bits per heavy atom. The van der Waals surface area contributed by atoms with E-state index in [0.29, 0.717) is 17.6 Å². The molecular weight excluding hydrogens is 501 g/mol. The van der Waals surface area contributed by atoms with E-state index in [4.69, 9.17) is 9.47 Å². The summed E-state index contributed by atoms with van der Waals surface area (Å²) < 4.78 is 51.4. The van der Waals surface area contributed by atoms with Crippen LogP contribution in [0.25, 0.3) is 0 Å². The Balaban J connectivity index is 1.79. The first-order chi connectivity index (χ1) is 17.7. The molecule has 0 aliphatic carbocycles. The highest BCUT2D eigenvalue weighted by Gasteiger charge is 2.34. The predicted molar refractivity (Wildman–Crippen MR) is 137 cm³/mol. The van der Waals surface area contributed by atoms with Crippen LogP contribution in [0.4, 0.5) is 29.3 Å². The number of benzene rings is 3. The number of nitrogens with one attached hydrogen (secondary N) is 2. The molecular formula is C28H27F3N2O5. The van der Waals surface area contributed by atoms with E-state index in [2.05, 4.69) is 10.6 Å². The van der Waals surface area contributed by atoms with Crippen LogP contribution in [-0.4, -0.2) is 23.4 Å². The molecule has 38 heavy (non-hydrogen) atoms. The number of anilines is 2. The number of para-hydroxylation sites is 1. The molecule has 10 heteroatoms. The van der Waals surface area contributed by atoms with Gasteiger partial charge in [-0.1, -0.05) is 30.3 Å². The largest absolute Gasteiger partial charge is 0.457 e. The molecule has 0 aliphatic heterocycles. The van der Waals surface area contributed by atoms with E-state index in [1.54, 1.807) is 57.2 Å². The number of alkyl halides is 3. The number of ether oxygens (including phenoxy) is 2. The Labute approximate surface area is 218 Å². The van der Waals surface area contributed by atoms with E-state index in [1.807, 2.05) is 6.07 Å². The van der Waals surface area contributed by atoms with Crippen LogP contribution in [0.15, 0.2) is 66.7 Å². The molecule has 0 radical (unpaired) electrons. The van der Waals surface area contributed by atoms with Crippen molar-refractivity contribution in [3.63, 3.8) is 0 Å². The summed E-state index contributed by atoms with van der Waals surface area (Å²) in [7, 11) is 0. The van der Waals surface area contributed by atoms with Crippen LogP contribution in [0.1, 0.15) is 48.7 Å². The number of hydrogen-bond donors (Lipinski definition) is 2. The second kappa shape index (κ2) is 11.4. The Kier molecular flexibility index (Phi) is 8.45. The average Bonchev–Trinajstić information content (AvgIpc) is 2.79. The van der Waals surface area contributed by atoms with Crippen LogP contribution in [-0.2, 0) is 15.7 Å². The summed E-state index contributed by atoms with van der Waals surface area (Å²) in [6.07, 6.45) is -6.28. The molecule has 0 saturated carbocycles. The monoisotopic (exact) mass is 528 g/mol. The SMILES string of the molecule is Cc1cc(NC(=O)OC(C)(C)C)c(NC(=O)CC(=O)c2cccc(Oc3ccccc3)c2)cc1C(F)(F)F. The first-order valence-corrected chi connectivity index (χ1v) is 11.6. The molecule has 200 valence electrons. The Bertz CT molecular complexity index is 1330. The molecule has 3 aromatic carbocycles. The molecule has 2 N–H and O–H groups in total. The van der Waals surface area contributed by atoms with E-state index < -0.39 is 41.5 Å². The third kappa shape index (κ3) is 8.09.